The minimum Gasteiger partial charge on any atom is -0.320 e. The van der Waals surface area contributed by atoms with Crippen LogP contribution in [-0.4, -0.2) is 34.5 Å². The van der Waals surface area contributed by atoms with Gasteiger partial charge in [-0.2, -0.15) is 0 Å². The van der Waals surface area contributed by atoms with E-state index in [-0.39, 0.29) is 0 Å². The van der Waals surface area contributed by atoms with E-state index in [1.54, 1.807) is 40.7 Å². The van der Waals surface area contributed by atoms with Gasteiger partial charge in [-0.05, 0) is 48.1 Å². The monoisotopic (exact) mass is 435 g/mol. The average Bonchev–Trinajstić information content (AvgIpc) is 2.84. The predicted molar refractivity (Wildman–Crippen MR) is 122 cm³/mol. The van der Waals surface area contributed by atoms with Gasteiger partial charge in [0.2, 0.25) is 0 Å². The van der Waals surface area contributed by atoms with Crippen LogP contribution in [0.3, 0.4) is 0 Å². The number of amides is 4. The van der Waals surface area contributed by atoms with Crippen LogP contribution in [0, 0.1) is 5.92 Å². The van der Waals surface area contributed by atoms with Crippen LogP contribution in [0.4, 0.5) is 4.79 Å². The highest BCUT2D eigenvalue weighted by Crippen LogP contribution is 2.25. The lowest BCUT2D eigenvalue weighted by atomic mass is 9.89. The van der Waals surface area contributed by atoms with Crippen LogP contribution in [-0.2, 0) is 11.3 Å². The highest BCUT2D eigenvalue weighted by molar-refractivity contribution is 6.04. The van der Waals surface area contributed by atoms with E-state index >= 15 is 0 Å². The molecule has 1 fully saturated rings. The molecule has 0 saturated heterocycles. The second kappa shape index (κ2) is 11.8. The third-order valence-corrected chi connectivity index (χ3v) is 5.64. The molecule has 1 aliphatic carbocycles. The zero-order valence-corrected chi connectivity index (χ0v) is 18.0. The lowest BCUT2D eigenvalue weighted by molar-refractivity contribution is -0.124. The summed E-state index contributed by atoms with van der Waals surface area (Å²) in [5, 5.41) is 11.1. The Morgan fingerprint density at radius 2 is 1.66 bits per heavy atom. The first-order valence-electron chi connectivity index (χ1n) is 10.9. The second-order valence-corrected chi connectivity index (χ2v) is 8.06. The summed E-state index contributed by atoms with van der Waals surface area (Å²) in [6, 6.07) is 15.8. The number of benzene rings is 2. The smallest absolute Gasteiger partial charge is 0.320 e. The van der Waals surface area contributed by atoms with E-state index in [9.17, 15) is 14.4 Å². The molecule has 32 heavy (non-hydrogen) atoms. The Morgan fingerprint density at radius 1 is 0.969 bits per heavy atom. The van der Waals surface area contributed by atoms with Crippen molar-refractivity contribution < 1.29 is 19.6 Å². The first-order valence-corrected chi connectivity index (χ1v) is 10.9. The quantitative estimate of drug-likeness (QED) is 0.346. The van der Waals surface area contributed by atoms with Gasteiger partial charge < -0.3 is 4.90 Å². The van der Waals surface area contributed by atoms with E-state index in [1.807, 2.05) is 30.3 Å². The number of nitrogens with one attached hydrogen (secondary N) is 2. The molecule has 0 bridgehead atoms. The lowest BCUT2D eigenvalue weighted by Gasteiger charge is -2.30. The van der Waals surface area contributed by atoms with E-state index in [0.29, 0.717) is 24.6 Å². The van der Waals surface area contributed by atoms with Crippen molar-refractivity contribution in [3.8, 4) is 0 Å². The fourth-order valence-corrected chi connectivity index (χ4v) is 3.90. The normalized spacial score (nSPS) is 14.2. The van der Waals surface area contributed by atoms with Gasteiger partial charge in [-0.3, -0.25) is 20.1 Å². The van der Waals surface area contributed by atoms with Gasteiger partial charge in [0.25, 0.3) is 11.8 Å². The van der Waals surface area contributed by atoms with Crippen molar-refractivity contribution in [2.75, 3.05) is 6.54 Å². The summed E-state index contributed by atoms with van der Waals surface area (Å²) >= 11 is 0. The van der Waals surface area contributed by atoms with Crippen LogP contribution in [0.1, 0.15) is 53.6 Å². The van der Waals surface area contributed by atoms with Gasteiger partial charge >= 0.3 is 6.03 Å². The maximum Gasteiger partial charge on any atom is 0.324 e. The number of carbonyl (C=O) groups excluding carboxylic acids is 3. The van der Waals surface area contributed by atoms with Crippen LogP contribution < -0.4 is 10.8 Å². The molecule has 3 N–H and O–H groups in total. The van der Waals surface area contributed by atoms with Crippen LogP contribution in [0.15, 0.2) is 60.7 Å². The van der Waals surface area contributed by atoms with Crippen molar-refractivity contribution in [2.24, 2.45) is 5.92 Å². The Bertz CT molecular complexity index is 935. The Labute approximate surface area is 188 Å². The minimum atomic E-state index is -0.604. The van der Waals surface area contributed by atoms with Crippen LogP contribution in [0.25, 0.3) is 6.08 Å². The van der Waals surface area contributed by atoms with Crippen molar-refractivity contribution in [1.29, 1.82) is 0 Å². The third kappa shape index (κ3) is 7.06. The maximum atomic E-state index is 13.0. The number of hydrogen-bond donors (Lipinski definition) is 3. The fraction of sp³-hybridized carbons (Fsp3) is 0.320. The first kappa shape index (κ1) is 23.2. The van der Waals surface area contributed by atoms with Crippen molar-refractivity contribution in [3.63, 3.8) is 0 Å². The summed E-state index contributed by atoms with van der Waals surface area (Å²) in [7, 11) is 0. The van der Waals surface area contributed by atoms with Crippen molar-refractivity contribution in [1.82, 2.24) is 15.7 Å². The summed E-state index contributed by atoms with van der Waals surface area (Å²) in [5.41, 5.74) is 3.71. The predicted octanol–water partition coefficient (Wildman–Crippen LogP) is 4.14. The molecule has 7 heteroatoms. The summed E-state index contributed by atoms with van der Waals surface area (Å²) in [4.78, 5) is 38.3. The van der Waals surface area contributed by atoms with Gasteiger partial charge in [0.15, 0.2) is 0 Å². The first-order chi connectivity index (χ1) is 15.5. The molecule has 2 aromatic rings. The van der Waals surface area contributed by atoms with E-state index < -0.39 is 17.8 Å². The average molecular weight is 436 g/mol. The molecule has 2 aromatic carbocycles. The third-order valence-electron chi connectivity index (χ3n) is 5.64. The van der Waals surface area contributed by atoms with E-state index in [4.69, 9.17) is 5.21 Å². The van der Waals surface area contributed by atoms with Crippen LogP contribution >= 0.6 is 0 Å². The molecular formula is C25H29N3O4. The molecule has 0 atom stereocenters. The van der Waals surface area contributed by atoms with Gasteiger partial charge in [0, 0.05) is 24.7 Å². The molecule has 1 aliphatic rings. The Balaban J connectivity index is 1.69. The molecule has 168 valence electrons. The standard InChI is InChI=1S/C25H29N3O4/c29-23(27-32)16-15-19-11-13-21(14-12-19)18-28(17-20-7-3-1-4-8-20)25(31)26-24(30)22-9-5-2-6-10-22/h2,5-6,9-16,20,32H,1,3-4,7-8,17-18H2,(H,27,29)(H,26,30,31)/b16-15+. The number of rotatable bonds is 7. The van der Waals surface area contributed by atoms with Crippen LogP contribution in [0.2, 0.25) is 0 Å². The number of nitrogens with zero attached hydrogens (tertiary/aromatic N) is 1. The number of urea groups is 1. The zero-order chi connectivity index (χ0) is 22.8. The van der Waals surface area contributed by atoms with E-state index in [2.05, 4.69) is 5.32 Å². The van der Waals surface area contributed by atoms with Gasteiger partial charge in [0.1, 0.15) is 0 Å². The number of hydrogen-bond acceptors (Lipinski definition) is 4. The maximum absolute atomic E-state index is 13.0. The van der Waals surface area contributed by atoms with Gasteiger partial charge in [0.05, 0.1) is 0 Å². The van der Waals surface area contributed by atoms with Crippen molar-refractivity contribution in [3.05, 3.63) is 77.4 Å². The topological polar surface area (TPSA) is 98.7 Å². The van der Waals surface area contributed by atoms with Crippen LogP contribution in [0.5, 0.6) is 0 Å². The molecule has 0 unspecified atom stereocenters. The highest BCUT2D eigenvalue weighted by atomic mass is 16.5. The molecule has 7 nitrogen and oxygen atoms in total. The molecule has 0 heterocycles. The van der Waals surface area contributed by atoms with Gasteiger partial charge in [-0.1, -0.05) is 61.7 Å². The zero-order valence-electron chi connectivity index (χ0n) is 18.0. The minimum absolute atomic E-state index is 0.380. The number of hydroxylamine groups is 1. The Kier molecular flexibility index (Phi) is 8.57. The molecule has 0 aliphatic heterocycles. The summed E-state index contributed by atoms with van der Waals surface area (Å²) in [6.07, 6.45) is 8.57. The van der Waals surface area contributed by atoms with Gasteiger partial charge in [-0.15, -0.1) is 0 Å². The SMILES string of the molecule is O=C(/C=C/c1ccc(CN(CC2CCCCC2)C(=O)NC(=O)c2ccccc2)cc1)NO. The molecule has 0 radical (unpaired) electrons. The van der Waals surface area contributed by atoms with E-state index in [1.165, 1.54) is 25.3 Å². The van der Waals surface area contributed by atoms with E-state index in [0.717, 1.165) is 24.0 Å². The Hall–Kier alpha value is -3.45. The fourth-order valence-electron chi connectivity index (χ4n) is 3.90. The highest BCUT2D eigenvalue weighted by Gasteiger charge is 2.23. The van der Waals surface area contributed by atoms with Crippen molar-refractivity contribution in [2.45, 2.75) is 38.6 Å². The molecular weight excluding hydrogens is 406 g/mol. The van der Waals surface area contributed by atoms with Gasteiger partial charge in [-0.25, -0.2) is 10.3 Å². The van der Waals surface area contributed by atoms with Crippen molar-refractivity contribution >= 4 is 23.9 Å². The summed E-state index contributed by atoms with van der Waals surface area (Å²) in [6.45, 7) is 0.984. The number of imide groups is 1. The summed E-state index contributed by atoms with van der Waals surface area (Å²) < 4.78 is 0. The molecule has 3 rings (SSSR count). The molecule has 0 aromatic heterocycles. The molecule has 0 spiro atoms. The number of carbonyl (C=O) groups is 3. The molecule has 1 saturated carbocycles. The molecule has 4 amide bonds. The lowest BCUT2D eigenvalue weighted by Crippen LogP contribution is -2.44. The second-order valence-electron chi connectivity index (χ2n) is 8.06. The largest absolute Gasteiger partial charge is 0.324 e. The summed E-state index contributed by atoms with van der Waals surface area (Å²) in [5.74, 6) is -0.583. The Morgan fingerprint density at radius 3 is 2.31 bits per heavy atom.